The number of hydrogen-bond donors (Lipinski definition) is 0. The lowest BCUT2D eigenvalue weighted by Crippen LogP contribution is -2.14. The molecule has 0 aliphatic carbocycles. The Kier molecular flexibility index (Phi) is 5.73. The molecule has 26 heavy (non-hydrogen) atoms. The maximum absolute atomic E-state index is 12.7. The van der Waals surface area contributed by atoms with Crippen molar-refractivity contribution in [1.29, 1.82) is 0 Å². The van der Waals surface area contributed by atoms with Gasteiger partial charge in [0.15, 0.2) is 10.9 Å². The van der Waals surface area contributed by atoms with Gasteiger partial charge in [-0.3, -0.25) is 9.36 Å². The SMILES string of the molecule is CCc1ccc(C(=O)[C@H](C)Sc2nncn2-c2ccccc2OC)cc1. The van der Waals surface area contributed by atoms with Crippen molar-refractivity contribution in [2.24, 2.45) is 0 Å². The van der Waals surface area contributed by atoms with Gasteiger partial charge >= 0.3 is 0 Å². The summed E-state index contributed by atoms with van der Waals surface area (Å²) in [4.78, 5) is 12.7. The van der Waals surface area contributed by atoms with Crippen LogP contribution in [0.3, 0.4) is 0 Å². The molecule has 3 aromatic rings. The van der Waals surface area contributed by atoms with Gasteiger partial charge in [0.25, 0.3) is 0 Å². The van der Waals surface area contributed by atoms with E-state index in [4.69, 9.17) is 4.74 Å². The molecule has 5 nitrogen and oxygen atoms in total. The van der Waals surface area contributed by atoms with E-state index in [1.165, 1.54) is 17.3 Å². The molecule has 3 rings (SSSR count). The van der Waals surface area contributed by atoms with Crippen LogP contribution in [0.5, 0.6) is 5.75 Å². The first-order valence-electron chi connectivity index (χ1n) is 8.47. The van der Waals surface area contributed by atoms with Gasteiger partial charge in [0.2, 0.25) is 0 Å². The van der Waals surface area contributed by atoms with Crippen molar-refractivity contribution >= 4 is 17.5 Å². The molecule has 0 saturated heterocycles. The molecular formula is C20H21N3O2S. The van der Waals surface area contributed by atoms with Crippen LogP contribution < -0.4 is 4.74 Å². The number of rotatable bonds is 7. The number of ketones is 1. The molecule has 1 heterocycles. The predicted molar refractivity (Wildman–Crippen MR) is 103 cm³/mol. The monoisotopic (exact) mass is 367 g/mol. The summed E-state index contributed by atoms with van der Waals surface area (Å²) >= 11 is 1.39. The summed E-state index contributed by atoms with van der Waals surface area (Å²) in [6.07, 6.45) is 2.59. The highest BCUT2D eigenvalue weighted by Gasteiger charge is 2.20. The highest BCUT2D eigenvalue weighted by Crippen LogP contribution is 2.29. The van der Waals surface area contributed by atoms with E-state index in [0.29, 0.717) is 10.7 Å². The van der Waals surface area contributed by atoms with Crippen molar-refractivity contribution in [2.45, 2.75) is 30.7 Å². The van der Waals surface area contributed by atoms with Crippen molar-refractivity contribution in [1.82, 2.24) is 14.8 Å². The van der Waals surface area contributed by atoms with Crippen molar-refractivity contribution < 1.29 is 9.53 Å². The minimum Gasteiger partial charge on any atom is -0.495 e. The van der Waals surface area contributed by atoms with Crippen LogP contribution in [0.2, 0.25) is 0 Å². The van der Waals surface area contributed by atoms with E-state index >= 15 is 0 Å². The number of carbonyl (C=O) groups excluding carboxylic acids is 1. The molecule has 0 N–H and O–H groups in total. The number of Topliss-reactive ketones (excluding diaryl/α,β-unsaturated/α-hetero) is 1. The molecular weight excluding hydrogens is 346 g/mol. The number of benzene rings is 2. The number of methoxy groups -OCH3 is 1. The van der Waals surface area contributed by atoms with Gasteiger partial charge in [-0.1, -0.05) is 55.1 Å². The molecule has 0 fully saturated rings. The first-order valence-corrected chi connectivity index (χ1v) is 9.35. The first-order chi connectivity index (χ1) is 12.6. The summed E-state index contributed by atoms with van der Waals surface area (Å²) < 4.78 is 7.26. The number of hydrogen-bond acceptors (Lipinski definition) is 5. The Morgan fingerprint density at radius 2 is 1.92 bits per heavy atom. The van der Waals surface area contributed by atoms with Crippen LogP contribution in [-0.4, -0.2) is 32.9 Å². The van der Waals surface area contributed by atoms with Gasteiger partial charge in [0, 0.05) is 5.56 Å². The maximum atomic E-state index is 12.7. The fourth-order valence-electron chi connectivity index (χ4n) is 2.65. The van der Waals surface area contributed by atoms with Gasteiger partial charge in [-0.05, 0) is 31.0 Å². The van der Waals surface area contributed by atoms with E-state index < -0.39 is 0 Å². The Labute approximate surface area is 157 Å². The second-order valence-electron chi connectivity index (χ2n) is 5.83. The van der Waals surface area contributed by atoms with Crippen molar-refractivity contribution in [3.05, 3.63) is 66.0 Å². The fourth-order valence-corrected chi connectivity index (χ4v) is 3.56. The van der Waals surface area contributed by atoms with Crippen molar-refractivity contribution in [2.75, 3.05) is 7.11 Å². The van der Waals surface area contributed by atoms with Crippen LogP contribution in [0, 0.1) is 0 Å². The molecule has 0 aliphatic rings. The molecule has 2 aromatic carbocycles. The van der Waals surface area contributed by atoms with E-state index in [1.54, 1.807) is 13.4 Å². The van der Waals surface area contributed by atoms with E-state index in [0.717, 1.165) is 17.9 Å². The van der Waals surface area contributed by atoms with Crippen LogP contribution in [0.1, 0.15) is 29.8 Å². The number of nitrogens with zero attached hydrogens (tertiary/aromatic N) is 3. The molecule has 0 unspecified atom stereocenters. The maximum Gasteiger partial charge on any atom is 0.196 e. The zero-order valence-corrected chi connectivity index (χ0v) is 15.9. The average molecular weight is 367 g/mol. The Balaban J connectivity index is 1.81. The van der Waals surface area contributed by atoms with E-state index in [-0.39, 0.29) is 11.0 Å². The quantitative estimate of drug-likeness (QED) is 0.463. The van der Waals surface area contributed by atoms with Gasteiger partial charge in [-0.2, -0.15) is 0 Å². The molecule has 0 aliphatic heterocycles. The molecule has 0 amide bonds. The highest BCUT2D eigenvalue weighted by atomic mass is 32.2. The van der Waals surface area contributed by atoms with Crippen LogP contribution in [0.25, 0.3) is 5.69 Å². The lowest BCUT2D eigenvalue weighted by atomic mass is 10.1. The summed E-state index contributed by atoms with van der Waals surface area (Å²) in [7, 11) is 1.63. The summed E-state index contributed by atoms with van der Waals surface area (Å²) in [6.45, 7) is 3.99. The highest BCUT2D eigenvalue weighted by molar-refractivity contribution is 8.00. The van der Waals surface area contributed by atoms with E-state index in [1.807, 2.05) is 60.0 Å². The van der Waals surface area contributed by atoms with Crippen LogP contribution >= 0.6 is 11.8 Å². The molecule has 1 atom stereocenters. The third-order valence-electron chi connectivity index (χ3n) is 4.16. The van der Waals surface area contributed by atoms with Crippen LogP contribution in [0.4, 0.5) is 0 Å². The lowest BCUT2D eigenvalue weighted by molar-refractivity contribution is 0.0994. The van der Waals surface area contributed by atoms with Crippen LogP contribution in [-0.2, 0) is 6.42 Å². The molecule has 134 valence electrons. The van der Waals surface area contributed by atoms with Gasteiger partial charge in [-0.25, -0.2) is 0 Å². The summed E-state index contributed by atoms with van der Waals surface area (Å²) in [5, 5.41) is 8.56. The fraction of sp³-hybridized carbons (Fsp3) is 0.250. The van der Waals surface area contributed by atoms with Crippen molar-refractivity contribution in [3.63, 3.8) is 0 Å². The summed E-state index contributed by atoms with van der Waals surface area (Å²) in [5.41, 5.74) is 2.78. The second kappa shape index (κ2) is 8.19. The second-order valence-corrected chi connectivity index (χ2v) is 7.14. The normalized spacial score (nSPS) is 12.0. The number of aromatic nitrogens is 3. The standard InChI is InChI=1S/C20H21N3O2S/c1-4-15-9-11-16(12-10-15)19(24)14(2)26-20-22-21-13-23(20)17-7-5-6-8-18(17)25-3/h5-14H,4H2,1-3H3/t14-/m0/s1. The number of ether oxygens (including phenoxy) is 1. The molecule has 0 saturated carbocycles. The number of carbonyl (C=O) groups is 1. The Morgan fingerprint density at radius 3 is 2.62 bits per heavy atom. The molecule has 1 aromatic heterocycles. The molecule has 0 bridgehead atoms. The molecule has 6 heteroatoms. The Morgan fingerprint density at radius 1 is 1.19 bits per heavy atom. The summed E-state index contributed by atoms with van der Waals surface area (Å²) in [6, 6.07) is 15.4. The van der Waals surface area contributed by atoms with Crippen LogP contribution in [0.15, 0.2) is 60.0 Å². The zero-order valence-electron chi connectivity index (χ0n) is 15.0. The van der Waals surface area contributed by atoms with Crippen molar-refractivity contribution in [3.8, 4) is 11.4 Å². The first kappa shape index (κ1) is 18.2. The predicted octanol–water partition coefficient (Wildman–Crippen LogP) is 4.20. The van der Waals surface area contributed by atoms with Gasteiger partial charge < -0.3 is 4.74 Å². The average Bonchev–Trinajstić information content (AvgIpc) is 3.15. The largest absolute Gasteiger partial charge is 0.495 e. The Hall–Kier alpha value is -2.60. The topological polar surface area (TPSA) is 57.0 Å². The smallest absolute Gasteiger partial charge is 0.196 e. The minimum atomic E-state index is -0.278. The van der Waals surface area contributed by atoms with Gasteiger partial charge in [-0.15, -0.1) is 10.2 Å². The minimum absolute atomic E-state index is 0.0761. The third kappa shape index (κ3) is 3.80. The Bertz CT molecular complexity index is 890. The summed E-state index contributed by atoms with van der Waals surface area (Å²) in [5.74, 6) is 0.801. The number of aryl methyl sites for hydroxylation is 1. The lowest BCUT2D eigenvalue weighted by Gasteiger charge is -2.13. The van der Waals surface area contributed by atoms with Gasteiger partial charge in [0.05, 0.1) is 18.0 Å². The number of thioether (sulfide) groups is 1. The number of para-hydroxylation sites is 2. The molecule has 0 radical (unpaired) electrons. The molecule has 0 spiro atoms. The van der Waals surface area contributed by atoms with Gasteiger partial charge in [0.1, 0.15) is 12.1 Å². The zero-order chi connectivity index (χ0) is 18.5. The third-order valence-corrected chi connectivity index (χ3v) is 5.22. The van der Waals surface area contributed by atoms with E-state index in [9.17, 15) is 4.79 Å². The van der Waals surface area contributed by atoms with E-state index in [2.05, 4.69) is 17.1 Å².